The van der Waals surface area contributed by atoms with Gasteiger partial charge in [0.05, 0.1) is 12.7 Å². The Bertz CT molecular complexity index is 774. The van der Waals surface area contributed by atoms with Crippen molar-refractivity contribution in [3.05, 3.63) is 58.6 Å². The van der Waals surface area contributed by atoms with E-state index in [4.69, 9.17) is 9.15 Å². The molecular weight excluding hydrogens is 376 g/mol. The van der Waals surface area contributed by atoms with Gasteiger partial charge in [0, 0.05) is 10.2 Å². The quantitative estimate of drug-likeness (QED) is 0.563. The van der Waals surface area contributed by atoms with E-state index in [1.165, 1.54) is 5.56 Å². The van der Waals surface area contributed by atoms with Crippen LogP contribution in [-0.4, -0.2) is 23.1 Å². The smallest absolute Gasteiger partial charge is 0.276 e. The van der Waals surface area contributed by atoms with Crippen molar-refractivity contribution in [3.8, 4) is 17.2 Å². The van der Waals surface area contributed by atoms with Crippen LogP contribution in [0.2, 0.25) is 0 Å². The number of nitrogens with zero attached hydrogens (tertiary/aromatic N) is 2. The third kappa shape index (κ3) is 4.14. The molecular formula is C17H15BrN2O2S. The fourth-order valence-corrected chi connectivity index (χ4v) is 3.26. The van der Waals surface area contributed by atoms with Gasteiger partial charge in [-0.2, -0.15) is 0 Å². The topological polar surface area (TPSA) is 48.2 Å². The maximum atomic E-state index is 5.72. The molecule has 0 bridgehead atoms. The lowest BCUT2D eigenvalue weighted by atomic mass is 10.2. The molecule has 0 aliphatic carbocycles. The molecule has 0 saturated carbocycles. The van der Waals surface area contributed by atoms with Crippen molar-refractivity contribution in [3.63, 3.8) is 0 Å². The molecule has 0 fully saturated rings. The van der Waals surface area contributed by atoms with Gasteiger partial charge in [-0.1, -0.05) is 36.0 Å². The van der Waals surface area contributed by atoms with Crippen molar-refractivity contribution in [1.29, 1.82) is 0 Å². The third-order valence-corrected chi connectivity index (χ3v) is 4.80. The Morgan fingerprint density at radius 2 is 1.87 bits per heavy atom. The summed E-state index contributed by atoms with van der Waals surface area (Å²) in [4.78, 5) is 0. The van der Waals surface area contributed by atoms with E-state index in [9.17, 15) is 0 Å². The molecule has 118 valence electrons. The third-order valence-electron chi connectivity index (χ3n) is 3.29. The van der Waals surface area contributed by atoms with Gasteiger partial charge in [-0.25, -0.2) is 0 Å². The second-order valence-corrected chi connectivity index (χ2v) is 6.70. The molecule has 2 aromatic carbocycles. The zero-order chi connectivity index (χ0) is 16.1. The van der Waals surface area contributed by atoms with Crippen LogP contribution < -0.4 is 4.74 Å². The Hall–Kier alpha value is -1.79. The van der Waals surface area contributed by atoms with Crippen LogP contribution in [0.15, 0.2) is 62.6 Å². The van der Waals surface area contributed by atoms with E-state index in [1.54, 1.807) is 18.9 Å². The molecule has 6 heteroatoms. The lowest BCUT2D eigenvalue weighted by Crippen LogP contribution is -1.89. The number of aryl methyl sites for hydroxylation is 1. The molecule has 0 N–H and O–H groups in total. The van der Waals surface area contributed by atoms with Crippen LogP contribution in [0.4, 0.5) is 0 Å². The average Bonchev–Trinajstić information content (AvgIpc) is 3.04. The monoisotopic (exact) mass is 390 g/mol. The van der Waals surface area contributed by atoms with Crippen molar-refractivity contribution >= 4 is 27.7 Å². The second kappa shape index (κ2) is 7.66. The fraction of sp³-hybridized carbons (Fsp3) is 0.176. The van der Waals surface area contributed by atoms with Crippen molar-refractivity contribution in [2.45, 2.75) is 11.6 Å². The molecule has 23 heavy (non-hydrogen) atoms. The molecule has 0 unspecified atom stereocenters. The molecule has 4 nitrogen and oxygen atoms in total. The van der Waals surface area contributed by atoms with E-state index < -0.39 is 0 Å². The minimum absolute atomic E-state index is 0.532. The van der Waals surface area contributed by atoms with Crippen LogP contribution in [0.1, 0.15) is 5.56 Å². The summed E-state index contributed by atoms with van der Waals surface area (Å²) >= 11 is 5.05. The van der Waals surface area contributed by atoms with E-state index in [0.717, 1.165) is 28.0 Å². The largest absolute Gasteiger partial charge is 0.497 e. The van der Waals surface area contributed by atoms with Gasteiger partial charge >= 0.3 is 0 Å². The molecule has 0 aliphatic rings. The number of thioether (sulfide) groups is 1. The minimum atomic E-state index is 0.532. The first-order valence-electron chi connectivity index (χ1n) is 7.10. The van der Waals surface area contributed by atoms with E-state index in [1.807, 2.05) is 36.4 Å². The number of halogens is 1. The lowest BCUT2D eigenvalue weighted by Gasteiger charge is -2.02. The number of aromatic nitrogens is 2. The van der Waals surface area contributed by atoms with Crippen LogP contribution in [-0.2, 0) is 6.42 Å². The highest BCUT2D eigenvalue weighted by Crippen LogP contribution is 2.29. The summed E-state index contributed by atoms with van der Waals surface area (Å²) in [5.41, 5.74) is 2.16. The number of benzene rings is 2. The standard InChI is InChI=1S/C17H15BrN2O2S/c1-21-13-8-6-12(7-9-13)10-11-23-17-20-19-16(22-17)14-4-2-3-5-15(14)18/h2-9H,10-11H2,1H3. The highest BCUT2D eigenvalue weighted by molar-refractivity contribution is 9.10. The second-order valence-electron chi connectivity index (χ2n) is 4.80. The van der Waals surface area contributed by atoms with Crippen LogP contribution >= 0.6 is 27.7 Å². The zero-order valence-electron chi connectivity index (χ0n) is 12.5. The van der Waals surface area contributed by atoms with Crippen LogP contribution in [0.3, 0.4) is 0 Å². The van der Waals surface area contributed by atoms with Crippen molar-refractivity contribution < 1.29 is 9.15 Å². The SMILES string of the molecule is COc1ccc(CCSc2nnc(-c3ccccc3Br)o2)cc1. The highest BCUT2D eigenvalue weighted by atomic mass is 79.9. The average molecular weight is 391 g/mol. The predicted octanol–water partition coefficient (Wildman–Crippen LogP) is 4.84. The zero-order valence-corrected chi connectivity index (χ0v) is 14.9. The van der Waals surface area contributed by atoms with E-state index >= 15 is 0 Å². The Morgan fingerprint density at radius 1 is 1.09 bits per heavy atom. The van der Waals surface area contributed by atoms with Gasteiger partial charge in [0.15, 0.2) is 0 Å². The summed E-state index contributed by atoms with van der Waals surface area (Å²) in [6.07, 6.45) is 0.932. The first-order chi connectivity index (χ1) is 11.3. The number of ether oxygens (including phenoxy) is 1. The predicted molar refractivity (Wildman–Crippen MR) is 94.9 cm³/mol. The van der Waals surface area contributed by atoms with Gasteiger partial charge in [-0.3, -0.25) is 0 Å². The molecule has 0 spiro atoms. The Labute approximate surface area is 147 Å². The van der Waals surface area contributed by atoms with E-state index in [0.29, 0.717) is 11.1 Å². The summed E-state index contributed by atoms with van der Waals surface area (Å²) in [5.74, 6) is 2.28. The van der Waals surface area contributed by atoms with Gasteiger partial charge < -0.3 is 9.15 Å². The number of hydrogen-bond donors (Lipinski definition) is 0. The highest BCUT2D eigenvalue weighted by Gasteiger charge is 2.11. The molecule has 0 radical (unpaired) electrons. The normalized spacial score (nSPS) is 10.7. The fourth-order valence-electron chi connectivity index (χ4n) is 2.06. The van der Waals surface area contributed by atoms with Gasteiger partial charge in [-0.05, 0) is 52.2 Å². The Balaban J connectivity index is 1.58. The molecule has 0 atom stereocenters. The summed E-state index contributed by atoms with van der Waals surface area (Å²) in [6.45, 7) is 0. The van der Waals surface area contributed by atoms with Crippen molar-refractivity contribution in [2.75, 3.05) is 12.9 Å². The first kappa shape index (κ1) is 16.1. The van der Waals surface area contributed by atoms with Gasteiger partial charge in [0.1, 0.15) is 5.75 Å². The molecule has 3 rings (SSSR count). The molecule has 0 amide bonds. The van der Waals surface area contributed by atoms with Crippen molar-refractivity contribution in [2.24, 2.45) is 0 Å². The summed E-state index contributed by atoms with van der Waals surface area (Å²) in [5, 5.41) is 8.80. The Morgan fingerprint density at radius 3 is 2.61 bits per heavy atom. The van der Waals surface area contributed by atoms with E-state index in [2.05, 4.69) is 38.3 Å². The maximum absolute atomic E-state index is 5.72. The van der Waals surface area contributed by atoms with Crippen LogP contribution in [0.25, 0.3) is 11.5 Å². The molecule has 3 aromatic rings. The van der Waals surface area contributed by atoms with Crippen LogP contribution in [0, 0.1) is 0 Å². The minimum Gasteiger partial charge on any atom is -0.497 e. The summed E-state index contributed by atoms with van der Waals surface area (Å²) in [6, 6.07) is 15.9. The first-order valence-corrected chi connectivity index (χ1v) is 8.88. The molecule has 1 heterocycles. The van der Waals surface area contributed by atoms with Gasteiger partial charge in [0.25, 0.3) is 5.22 Å². The maximum Gasteiger partial charge on any atom is 0.276 e. The number of rotatable bonds is 6. The molecule has 0 saturated heterocycles. The number of hydrogen-bond acceptors (Lipinski definition) is 5. The molecule has 0 aliphatic heterocycles. The van der Waals surface area contributed by atoms with Gasteiger partial charge in [-0.15, -0.1) is 10.2 Å². The van der Waals surface area contributed by atoms with Gasteiger partial charge in [0.2, 0.25) is 5.89 Å². The molecule has 1 aromatic heterocycles. The van der Waals surface area contributed by atoms with Crippen LogP contribution in [0.5, 0.6) is 5.75 Å². The Kier molecular flexibility index (Phi) is 5.35. The van der Waals surface area contributed by atoms with Crippen molar-refractivity contribution in [1.82, 2.24) is 10.2 Å². The number of methoxy groups -OCH3 is 1. The lowest BCUT2D eigenvalue weighted by molar-refractivity contribution is 0.414. The summed E-state index contributed by atoms with van der Waals surface area (Å²) < 4.78 is 11.8. The summed E-state index contributed by atoms with van der Waals surface area (Å²) in [7, 11) is 1.67. The van der Waals surface area contributed by atoms with E-state index in [-0.39, 0.29) is 0 Å².